The first-order valence-electron chi connectivity index (χ1n) is 8.74. The van der Waals surface area contributed by atoms with Crippen molar-refractivity contribution in [2.24, 2.45) is 0 Å². The van der Waals surface area contributed by atoms with E-state index in [-0.39, 0.29) is 31.2 Å². The highest BCUT2D eigenvalue weighted by Gasteiger charge is 2.23. The van der Waals surface area contributed by atoms with Gasteiger partial charge in [0.05, 0.1) is 12.1 Å². The fraction of sp³-hybridized carbons (Fsp3) is 0.579. The van der Waals surface area contributed by atoms with Crippen molar-refractivity contribution in [1.29, 1.82) is 0 Å². The molecule has 2 N–H and O–H groups in total. The highest BCUT2D eigenvalue weighted by Crippen LogP contribution is 2.17. The fourth-order valence-electron chi connectivity index (χ4n) is 2.10. The molecule has 0 bridgehead atoms. The van der Waals surface area contributed by atoms with E-state index in [4.69, 9.17) is 9.47 Å². The average Bonchev–Trinajstić information content (AvgIpc) is 2.49. The van der Waals surface area contributed by atoms with Gasteiger partial charge in [-0.2, -0.15) is 0 Å². The van der Waals surface area contributed by atoms with Gasteiger partial charge in [0.1, 0.15) is 11.4 Å². The Morgan fingerprint density at radius 1 is 1.11 bits per heavy atom. The number of carbonyl (C=O) groups is 2. The van der Waals surface area contributed by atoms with Gasteiger partial charge in [0.15, 0.2) is 11.6 Å². The van der Waals surface area contributed by atoms with Crippen LogP contribution in [0.1, 0.15) is 47.5 Å². The summed E-state index contributed by atoms with van der Waals surface area (Å²) in [7, 11) is 0. The lowest BCUT2D eigenvalue weighted by Crippen LogP contribution is -2.52. The molecule has 1 aromatic rings. The Morgan fingerprint density at radius 2 is 1.78 bits per heavy atom. The summed E-state index contributed by atoms with van der Waals surface area (Å²) in [5.41, 5.74) is -1.26. The Balaban J connectivity index is 2.30. The van der Waals surface area contributed by atoms with E-state index in [1.54, 1.807) is 34.6 Å². The van der Waals surface area contributed by atoms with Crippen LogP contribution in [-0.2, 0) is 9.53 Å². The molecule has 8 heteroatoms. The smallest absolute Gasteiger partial charge is 0.407 e. The Morgan fingerprint density at radius 3 is 2.37 bits per heavy atom. The van der Waals surface area contributed by atoms with Gasteiger partial charge in [0.2, 0.25) is 5.91 Å². The first-order chi connectivity index (χ1) is 12.4. The number of rotatable bonds is 8. The average molecular weight is 386 g/mol. The molecule has 0 aliphatic carbocycles. The van der Waals surface area contributed by atoms with Crippen molar-refractivity contribution in [3.05, 3.63) is 29.8 Å². The molecule has 0 aliphatic heterocycles. The summed E-state index contributed by atoms with van der Waals surface area (Å²) in [5.74, 6) is -1.75. The van der Waals surface area contributed by atoms with Crippen molar-refractivity contribution < 1.29 is 27.8 Å². The largest absolute Gasteiger partial charge is 0.491 e. The molecule has 0 aromatic heterocycles. The normalized spacial score (nSPS) is 11.7. The quantitative estimate of drug-likeness (QED) is 0.670. The molecule has 27 heavy (non-hydrogen) atoms. The third-order valence-electron chi connectivity index (χ3n) is 3.25. The van der Waals surface area contributed by atoms with Gasteiger partial charge in [-0.3, -0.25) is 4.79 Å². The second kappa shape index (κ2) is 9.53. The van der Waals surface area contributed by atoms with Crippen LogP contribution in [0.5, 0.6) is 5.75 Å². The van der Waals surface area contributed by atoms with Crippen LogP contribution in [0, 0.1) is 11.6 Å². The van der Waals surface area contributed by atoms with Crippen molar-refractivity contribution in [3.8, 4) is 5.75 Å². The summed E-state index contributed by atoms with van der Waals surface area (Å²) < 4.78 is 36.6. The number of hydrogen-bond donors (Lipinski definition) is 2. The number of amides is 2. The summed E-state index contributed by atoms with van der Waals surface area (Å²) in [6.07, 6.45) is -0.0313. The van der Waals surface area contributed by atoms with Crippen LogP contribution in [0.3, 0.4) is 0 Å². The number of ether oxygens (including phenoxy) is 2. The first-order valence-corrected chi connectivity index (χ1v) is 8.74. The fourth-order valence-corrected chi connectivity index (χ4v) is 2.10. The standard InChI is InChI=1S/C19H28F2N2O4/c1-18(2,3)27-17(25)22-12-19(4,5)23-16(24)7-6-10-26-15-9-8-13(20)11-14(15)21/h8-9,11H,6-7,10,12H2,1-5H3,(H,22,25)(H,23,24). The van der Waals surface area contributed by atoms with E-state index in [9.17, 15) is 18.4 Å². The number of nitrogens with one attached hydrogen (secondary N) is 2. The zero-order chi connectivity index (χ0) is 20.7. The Bertz CT molecular complexity index is 658. The van der Waals surface area contributed by atoms with E-state index in [1.165, 1.54) is 6.07 Å². The predicted molar refractivity (Wildman–Crippen MR) is 97.5 cm³/mol. The molecule has 0 saturated carbocycles. The molecule has 0 aliphatic rings. The summed E-state index contributed by atoms with van der Waals surface area (Å²) in [5, 5.41) is 5.42. The second-order valence-corrected chi connectivity index (χ2v) is 7.81. The zero-order valence-corrected chi connectivity index (χ0v) is 16.4. The molecular formula is C19H28F2N2O4. The minimum atomic E-state index is -0.784. The van der Waals surface area contributed by atoms with Gasteiger partial charge in [-0.25, -0.2) is 13.6 Å². The minimum Gasteiger partial charge on any atom is -0.491 e. The predicted octanol–water partition coefficient (Wildman–Crippen LogP) is 3.54. The van der Waals surface area contributed by atoms with Gasteiger partial charge in [-0.05, 0) is 53.2 Å². The first kappa shape index (κ1) is 22.7. The van der Waals surface area contributed by atoms with Gasteiger partial charge >= 0.3 is 6.09 Å². The van der Waals surface area contributed by atoms with E-state index in [0.29, 0.717) is 6.42 Å². The van der Waals surface area contributed by atoms with Crippen molar-refractivity contribution >= 4 is 12.0 Å². The lowest BCUT2D eigenvalue weighted by atomic mass is 10.1. The molecule has 0 saturated heterocycles. The summed E-state index contributed by atoms with van der Waals surface area (Å²) in [4.78, 5) is 23.7. The van der Waals surface area contributed by atoms with Crippen LogP contribution >= 0.6 is 0 Å². The topological polar surface area (TPSA) is 76.7 Å². The highest BCUT2D eigenvalue weighted by molar-refractivity contribution is 5.76. The van der Waals surface area contributed by atoms with E-state index in [0.717, 1.165) is 12.1 Å². The molecule has 2 amide bonds. The van der Waals surface area contributed by atoms with Gasteiger partial charge in [-0.1, -0.05) is 0 Å². The molecule has 6 nitrogen and oxygen atoms in total. The maximum absolute atomic E-state index is 13.4. The van der Waals surface area contributed by atoms with Gasteiger partial charge in [0.25, 0.3) is 0 Å². The molecular weight excluding hydrogens is 358 g/mol. The Labute approximate surface area is 158 Å². The molecule has 1 rings (SSSR count). The molecule has 1 aromatic carbocycles. The van der Waals surface area contributed by atoms with E-state index < -0.39 is 28.9 Å². The van der Waals surface area contributed by atoms with E-state index in [2.05, 4.69) is 10.6 Å². The zero-order valence-electron chi connectivity index (χ0n) is 16.4. The lowest BCUT2D eigenvalue weighted by Gasteiger charge is -2.27. The van der Waals surface area contributed by atoms with Crippen molar-refractivity contribution in [1.82, 2.24) is 10.6 Å². The SMILES string of the molecule is CC(C)(CNC(=O)OC(C)(C)C)NC(=O)CCCOc1ccc(F)cc1F. The van der Waals surface area contributed by atoms with E-state index >= 15 is 0 Å². The summed E-state index contributed by atoms with van der Waals surface area (Å²) in [6, 6.07) is 3.05. The third kappa shape index (κ3) is 9.77. The van der Waals surface area contributed by atoms with Gasteiger partial charge < -0.3 is 20.1 Å². The molecule has 0 heterocycles. The van der Waals surface area contributed by atoms with Crippen LogP contribution in [0.25, 0.3) is 0 Å². The Hall–Kier alpha value is -2.38. The molecule has 0 unspecified atom stereocenters. The number of benzene rings is 1. The number of carbonyl (C=O) groups excluding carboxylic acids is 2. The molecule has 0 spiro atoms. The molecule has 0 atom stereocenters. The molecule has 0 fully saturated rings. The van der Waals surface area contributed by atoms with Crippen molar-refractivity contribution in [2.45, 2.75) is 58.6 Å². The van der Waals surface area contributed by atoms with Crippen molar-refractivity contribution in [2.75, 3.05) is 13.2 Å². The minimum absolute atomic E-state index is 0.0568. The van der Waals surface area contributed by atoms with Crippen molar-refractivity contribution in [3.63, 3.8) is 0 Å². The summed E-state index contributed by atoms with van der Waals surface area (Å²) >= 11 is 0. The lowest BCUT2D eigenvalue weighted by molar-refractivity contribution is -0.122. The maximum atomic E-state index is 13.4. The maximum Gasteiger partial charge on any atom is 0.407 e. The van der Waals surface area contributed by atoms with Crippen LogP contribution in [0.4, 0.5) is 13.6 Å². The highest BCUT2D eigenvalue weighted by atomic mass is 19.1. The molecule has 152 valence electrons. The molecule has 0 radical (unpaired) electrons. The number of halogens is 2. The van der Waals surface area contributed by atoms with Crippen LogP contribution < -0.4 is 15.4 Å². The monoisotopic (exact) mass is 386 g/mol. The van der Waals surface area contributed by atoms with Crippen LogP contribution in [-0.4, -0.2) is 36.3 Å². The number of alkyl carbamates (subject to hydrolysis) is 1. The van der Waals surface area contributed by atoms with Gasteiger partial charge in [-0.15, -0.1) is 0 Å². The Kier molecular flexibility index (Phi) is 7.99. The van der Waals surface area contributed by atoms with E-state index in [1.807, 2.05) is 0 Å². The number of hydrogen-bond acceptors (Lipinski definition) is 4. The van der Waals surface area contributed by atoms with Crippen LogP contribution in [0.15, 0.2) is 18.2 Å². The third-order valence-corrected chi connectivity index (χ3v) is 3.25. The van der Waals surface area contributed by atoms with Gasteiger partial charge in [0, 0.05) is 19.0 Å². The van der Waals surface area contributed by atoms with Crippen LogP contribution in [0.2, 0.25) is 0 Å². The summed E-state index contributed by atoms with van der Waals surface area (Å²) in [6.45, 7) is 9.15. The second-order valence-electron chi connectivity index (χ2n) is 7.81.